The summed E-state index contributed by atoms with van der Waals surface area (Å²) >= 11 is 1.62. The Hall–Kier alpha value is -1.94. The topological polar surface area (TPSA) is 23.6 Å². The van der Waals surface area contributed by atoms with Crippen LogP contribution in [0.2, 0.25) is 0 Å². The van der Waals surface area contributed by atoms with Crippen molar-refractivity contribution in [2.45, 2.75) is 30.7 Å². The summed E-state index contributed by atoms with van der Waals surface area (Å²) in [7, 11) is 1.96. The molecule has 0 radical (unpaired) electrons. The van der Waals surface area contributed by atoms with Gasteiger partial charge in [-0.05, 0) is 44.0 Å². The van der Waals surface area contributed by atoms with Crippen molar-refractivity contribution in [3.8, 4) is 0 Å². The third-order valence-corrected chi connectivity index (χ3v) is 5.84. The molecule has 25 heavy (non-hydrogen) atoms. The van der Waals surface area contributed by atoms with Gasteiger partial charge in [-0.1, -0.05) is 35.9 Å². The zero-order valence-corrected chi connectivity index (χ0v) is 15.8. The van der Waals surface area contributed by atoms with Gasteiger partial charge in [0.05, 0.1) is 5.75 Å². The van der Waals surface area contributed by atoms with E-state index in [1.165, 1.54) is 11.3 Å². The molecule has 1 fully saturated rings. The first-order valence-electron chi connectivity index (χ1n) is 8.88. The number of likely N-dealkylation sites (N-methyl/N-ethyl adjacent to an activating group) is 1. The number of carbonyl (C=O) groups excluding carboxylic acids is 1. The number of nitrogens with zero attached hydrogens (tertiary/aromatic N) is 2. The zero-order valence-electron chi connectivity index (χ0n) is 15.0. The minimum Gasteiger partial charge on any atom is -0.369 e. The Bertz CT molecular complexity index is 687. The Morgan fingerprint density at radius 1 is 1.16 bits per heavy atom. The second-order valence-electron chi connectivity index (χ2n) is 6.68. The molecule has 1 heterocycles. The van der Waals surface area contributed by atoms with Crippen LogP contribution < -0.4 is 4.90 Å². The Morgan fingerprint density at radius 2 is 1.88 bits per heavy atom. The summed E-state index contributed by atoms with van der Waals surface area (Å²) in [5, 5.41) is 0. The number of anilines is 1. The van der Waals surface area contributed by atoms with Crippen LogP contribution in [-0.2, 0) is 4.79 Å². The van der Waals surface area contributed by atoms with E-state index in [-0.39, 0.29) is 5.91 Å². The highest BCUT2D eigenvalue weighted by Crippen LogP contribution is 2.23. The average molecular weight is 355 g/mol. The molecule has 1 aliphatic heterocycles. The van der Waals surface area contributed by atoms with Gasteiger partial charge >= 0.3 is 0 Å². The van der Waals surface area contributed by atoms with Crippen molar-refractivity contribution in [3.05, 3.63) is 60.2 Å². The normalized spacial score (nSPS) is 17.4. The highest BCUT2D eigenvalue weighted by atomic mass is 32.2. The molecule has 0 aliphatic carbocycles. The molecule has 0 aromatic heterocycles. The van der Waals surface area contributed by atoms with Gasteiger partial charge in [0.1, 0.15) is 0 Å². The van der Waals surface area contributed by atoms with E-state index in [4.69, 9.17) is 0 Å². The predicted octanol–water partition coefficient (Wildman–Crippen LogP) is 4.21. The SMILES string of the molecule is Cc1ccc(SCC(=O)N(C)C2CCCN(c3ccccc3)C2)cc1. The number of thioether (sulfide) groups is 1. The van der Waals surface area contributed by atoms with E-state index in [9.17, 15) is 4.79 Å². The number of amides is 1. The van der Waals surface area contributed by atoms with Crippen LogP contribution in [-0.4, -0.2) is 42.7 Å². The van der Waals surface area contributed by atoms with E-state index >= 15 is 0 Å². The summed E-state index contributed by atoms with van der Waals surface area (Å²) < 4.78 is 0. The van der Waals surface area contributed by atoms with Crippen LogP contribution in [0.3, 0.4) is 0 Å². The Morgan fingerprint density at radius 3 is 2.60 bits per heavy atom. The summed E-state index contributed by atoms with van der Waals surface area (Å²) in [6.45, 7) is 4.07. The lowest BCUT2D eigenvalue weighted by molar-refractivity contribution is -0.129. The average Bonchev–Trinajstić information content (AvgIpc) is 2.67. The molecule has 0 N–H and O–H groups in total. The van der Waals surface area contributed by atoms with E-state index in [2.05, 4.69) is 60.4 Å². The fourth-order valence-corrected chi connectivity index (χ4v) is 4.05. The summed E-state index contributed by atoms with van der Waals surface area (Å²) in [4.78, 5) is 18.1. The van der Waals surface area contributed by atoms with Crippen LogP contribution in [0.1, 0.15) is 18.4 Å². The standard InChI is InChI=1S/C21H26N2OS/c1-17-10-12-20(13-11-17)25-16-21(24)22(2)19-9-6-14-23(15-19)18-7-4-3-5-8-18/h3-5,7-8,10-13,19H,6,9,14-16H2,1-2H3. The second kappa shape index (κ2) is 8.43. The van der Waals surface area contributed by atoms with Crippen molar-refractivity contribution < 1.29 is 4.79 Å². The zero-order chi connectivity index (χ0) is 17.6. The number of hydrogen-bond donors (Lipinski definition) is 0. The van der Waals surface area contributed by atoms with E-state index in [1.807, 2.05) is 18.0 Å². The Labute approximate surface area is 155 Å². The molecule has 2 aromatic rings. The third-order valence-electron chi connectivity index (χ3n) is 4.84. The van der Waals surface area contributed by atoms with Crippen LogP contribution in [0.5, 0.6) is 0 Å². The van der Waals surface area contributed by atoms with Gasteiger partial charge in [0.15, 0.2) is 0 Å². The van der Waals surface area contributed by atoms with E-state index in [0.717, 1.165) is 30.8 Å². The number of carbonyl (C=O) groups is 1. The lowest BCUT2D eigenvalue weighted by Gasteiger charge is -2.38. The largest absolute Gasteiger partial charge is 0.369 e. The lowest BCUT2D eigenvalue weighted by atomic mass is 10.0. The summed E-state index contributed by atoms with van der Waals surface area (Å²) in [5.41, 5.74) is 2.50. The molecule has 1 atom stereocenters. The number of benzene rings is 2. The first kappa shape index (κ1) is 17.9. The molecule has 1 unspecified atom stereocenters. The fourth-order valence-electron chi connectivity index (χ4n) is 3.23. The lowest BCUT2D eigenvalue weighted by Crippen LogP contribution is -2.49. The van der Waals surface area contributed by atoms with Crippen molar-refractivity contribution in [1.82, 2.24) is 4.90 Å². The molecular formula is C21H26N2OS. The third kappa shape index (κ3) is 4.79. The van der Waals surface area contributed by atoms with Crippen LogP contribution in [0.25, 0.3) is 0 Å². The number of rotatable bonds is 5. The van der Waals surface area contributed by atoms with Crippen molar-refractivity contribution >= 4 is 23.4 Å². The summed E-state index contributed by atoms with van der Waals surface area (Å²) in [6.07, 6.45) is 2.21. The maximum absolute atomic E-state index is 12.6. The van der Waals surface area contributed by atoms with Crippen molar-refractivity contribution in [2.75, 3.05) is 30.8 Å². The predicted molar refractivity (Wildman–Crippen MR) is 106 cm³/mol. The van der Waals surface area contributed by atoms with E-state index in [0.29, 0.717) is 11.8 Å². The molecule has 132 valence electrons. The summed E-state index contributed by atoms with van der Waals surface area (Å²) in [5.74, 6) is 0.715. The van der Waals surface area contributed by atoms with Gasteiger partial charge in [-0.2, -0.15) is 0 Å². The number of hydrogen-bond acceptors (Lipinski definition) is 3. The molecule has 0 spiro atoms. The van der Waals surface area contributed by atoms with Crippen molar-refractivity contribution in [1.29, 1.82) is 0 Å². The van der Waals surface area contributed by atoms with Gasteiger partial charge in [0.25, 0.3) is 0 Å². The minimum absolute atomic E-state index is 0.213. The van der Waals surface area contributed by atoms with Crippen LogP contribution in [0, 0.1) is 6.92 Å². The van der Waals surface area contributed by atoms with E-state index < -0.39 is 0 Å². The number of para-hydroxylation sites is 1. The monoisotopic (exact) mass is 354 g/mol. The van der Waals surface area contributed by atoms with Gasteiger partial charge < -0.3 is 9.80 Å². The number of aryl methyl sites for hydroxylation is 1. The van der Waals surface area contributed by atoms with Gasteiger partial charge in [0.2, 0.25) is 5.91 Å². The number of piperidine rings is 1. The molecule has 1 amide bonds. The molecule has 3 nitrogen and oxygen atoms in total. The molecule has 1 aliphatic rings. The van der Waals surface area contributed by atoms with Crippen LogP contribution >= 0.6 is 11.8 Å². The highest BCUT2D eigenvalue weighted by Gasteiger charge is 2.26. The van der Waals surface area contributed by atoms with Crippen molar-refractivity contribution in [2.24, 2.45) is 0 Å². The van der Waals surface area contributed by atoms with Gasteiger partial charge in [0, 0.05) is 36.8 Å². The van der Waals surface area contributed by atoms with Gasteiger partial charge in [-0.25, -0.2) is 0 Å². The highest BCUT2D eigenvalue weighted by molar-refractivity contribution is 8.00. The maximum atomic E-state index is 12.6. The maximum Gasteiger partial charge on any atom is 0.232 e. The van der Waals surface area contributed by atoms with Crippen LogP contribution in [0.15, 0.2) is 59.5 Å². The Balaban J connectivity index is 1.55. The second-order valence-corrected chi connectivity index (χ2v) is 7.73. The Kier molecular flexibility index (Phi) is 6.03. The fraction of sp³-hybridized carbons (Fsp3) is 0.381. The first-order valence-corrected chi connectivity index (χ1v) is 9.87. The van der Waals surface area contributed by atoms with Gasteiger partial charge in [-0.15, -0.1) is 11.8 Å². The first-order chi connectivity index (χ1) is 12.1. The minimum atomic E-state index is 0.213. The quantitative estimate of drug-likeness (QED) is 0.751. The van der Waals surface area contributed by atoms with Gasteiger partial charge in [-0.3, -0.25) is 4.79 Å². The molecule has 4 heteroatoms. The molecule has 0 bridgehead atoms. The molecule has 2 aromatic carbocycles. The molecular weight excluding hydrogens is 328 g/mol. The van der Waals surface area contributed by atoms with Crippen molar-refractivity contribution in [3.63, 3.8) is 0 Å². The molecule has 1 saturated heterocycles. The van der Waals surface area contributed by atoms with Crippen LogP contribution in [0.4, 0.5) is 5.69 Å². The molecule has 0 saturated carbocycles. The van der Waals surface area contributed by atoms with E-state index in [1.54, 1.807) is 11.8 Å². The smallest absolute Gasteiger partial charge is 0.232 e. The summed E-state index contributed by atoms with van der Waals surface area (Å²) in [6, 6.07) is 19.1. The molecule has 3 rings (SSSR count).